The molecule has 2 aliphatic heterocycles. The van der Waals surface area contributed by atoms with Crippen LogP contribution in [0, 0.1) is 0 Å². The summed E-state index contributed by atoms with van der Waals surface area (Å²) in [5.74, 6) is -0.0106. The van der Waals surface area contributed by atoms with E-state index in [1.165, 1.54) is 23.5 Å². The molecule has 2 aromatic heterocycles. The number of H-pyrrole nitrogens is 1. The second-order valence-electron chi connectivity index (χ2n) is 7.64. The van der Waals surface area contributed by atoms with Gasteiger partial charge in [-0.05, 0) is 29.3 Å². The molecule has 2 saturated heterocycles. The predicted octanol–water partition coefficient (Wildman–Crippen LogP) is -0.0167. The predicted molar refractivity (Wildman–Crippen MR) is 117 cm³/mol. The number of nitrogens with one attached hydrogen (secondary N) is 2. The Bertz CT molecular complexity index is 1360. The Morgan fingerprint density at radius 3 is 2.47 bits per heavy atom. The van der Waals surface area contributed by atoms with Gasteiger partial charge in [0.2, 0.25) is 10.0 Å². The number of primary sulfonamides is 1. The van der Waals surface area contributed by atoms with Crippen LogP contribution in [0.2, 0.25) is 0 Å². The number of nitrogens with zero attached hydrogens (tertiary/aromatic N) is 5. The van der Waals surface area contributed by atoms with Gasteiger partial charge in [0.1, 0.15) is 4.90 Å². The van der Waals surface area contributed by atoms with E-state index in [9.17, 15) is 16.8 Å². The molecular weight excluding hydrogens is 476 g/mol. The molecule has 32 heavy (non-hydrogen) atoms. The Hall–Kier alpha value is -2.46. The van der Waals surface area contributed by atoms with Gasteiger partial charge < -0.3 is 10.2 Å². The molecular formula is C17H20N8O4S3. The van der Waals surface area contributed by atoms with Crippen LogP contribution in [-0.4, -0.2) is 73.9 Å². The molecule has 0 unspecified atom stereocenters. The molecule has 2 fully saturated rings. The topological polar surface area (TPSA) is 177 Å². The standard InChI is InChI=1S/C17H20N8O4S3/c18-32(28,29)15-13(31(26,27)10-7-19-8-10)4-3-11(14(15)16-21-23-24-22-16)12-9-30-17(20-12)25-5-1-2-6-25/h3-4,9-10,19H,1-2,5-8H2,(H2,18,28,29)(H,21,22,23,24). The number of aromatic nitrogens is 5. The average molecular weight is 497 g/mol. The third kappa shape index (κ3) is 3.59. The first-order valence-electron chi connectivity index (χ1n) is 9.86. The fourth-order valence-electron chi connectivity index (χ4n) is 3.89. The highest BCUT2D eigenvalue weighted by molar-refractivity contribution is 7.94. The summed E-state index contributed by atoms with van der Waals surface area (Å²) in [6.45, 7) is 2.28. The van der Waals surface area contributed by atoms with Crippen molar-refractivity contribution in [2.75, 3.05) is 31.1 Å². The van der Waals surface area contributed by atoms with Gasteiger partial charge in [-0.3, -0.25) is 0 Å². The number of rotatable bonds is 6. The van der Waals surface area contributed by atoms with Crippen LogP contribution in [0.3, 0.4) is 0 Å². The minimum Gasteiger partial charge on any atom is -0.348 e. The van der Waals surface area contributed by atoms with Crippen molar-refractivity contribution in [3.05, 3.63) is 17.5 Å². The summed E-state index contributed by atoms with van der Waals surface area (Å²) in [5.41, 5.74) is 0.853. The van der Waals surface area contributed by atoms with Crippen LogP contribution in [0.1, 0.15) is 12.8 Å². The van der Waals surface area contributed by atoms with Crippen molar-refractivity contribution in [1.29, 1.82) is 0 Å². The number of sulfonamides is 1. The van der Waals surface area contributed by atoms with Crippen molar-refractivity contribution >= 4 is 36.3 Å². The minimum atomic E-state index is -4.48. The molecule has 4 N–H and O–H groups in total. The van der Waals surface area contributed by atoms with Gasteiger partial charge in [0, 0.05) is 37.1 Å². The van der Waals surface area contributed by atoms with Crippen LogP contribution < -0.4 is 15.4 Å². The Morgan fingerprint density at radius 2 is 1.88 bits per heavy atom. The van der Waals surface area contributed by atoms with Crippen molar-refractivity contribution in [2.45, 2.75) is 27.9 Å². The van der Waals surface area contributed by atoms with E-state index in [4.69, 9.17) is 5.14 Å². The van der Waals surface area contributed by atoms with Gasteiger partial charge in [-0.1, -0.05) is 6.07 Å². The lowest BCUT2D eigenvalue weighted by Gasteiger charge is -2.28. The van der Waals surface area contributed by atoms with Gasteiger partial charge in [0.05, 0.1) is 21.4 Å². The highest BCUT2D eigenvalue weighted by atomic mass is 32.2. The average Bonchev–Trinajstić information content (AvgIpc) is 3.46. The first-order chi connectivity index (χ1) is 15.3. The molecule has 170 valence electrons. The van der Waals surface area contributed by atoms with Crippen LogP contribution in [0.4, 0.5) is 5.13 Å². The number of sulfone groups is 1. The highest BCUT2D eigenvalue weighted by Gasteiger charge is 2.38. The largest absolute Gasteiger partial charge is 0.348 e. The van der Waals surface area contributed by atoms with E-state index in [0.29, 0.717) is 11.3 Å². The highest BCUT2D eigenvalue weighted by Crippen LogP contribution is 2.41. The smallest absolute Gasteiger partial charge is 0.240 e. The molecule has 0 radical (unpaired) electrons. The number of thiazole rings is 1. The maximum absolute atomic E-state index is 13.2. The van der Waals surface area contributed by atoms with Gasteiger partial charge in [-0.2, -0.15) is 0 Å². The zero-order valence-corrected chi connectivity index (χ0v) is 19.2. The number of tetrazole rings is 1. The fraction of sp³-hybridized carbons (Fsp3) is 0.412. The van der Waals surface area contributed by atoms with Crippen molar-refractivity contribution in [3.8, 4) is 22.6 Å². The zero-order valence-electron chi connectivity index (χ0n) is 16.7. The maximum atomic E-state index is 13.2. The van der Waals surface area contributed by atoms with Gasteiger partial charge in [0.25, 0.3) is 0 Å². The van der Waals surface area contributed by atoms with Crippen molar-refractivity contribution in [1.82, 2.24) is 30.9 Å². The summed E-state index contributed by atoms with van der Waals surface area (Å²) in [5, 5.41) is 23.8. The van der Waals surface area contributed by atoms with Gasteiger partial charge in [0.15, 0.2) is 20.8 Å². The Balaban J connectivity index is 1.75. The second kappa shape index (κ2) is 7.84. The lowest BCUT2D eigenvalue weighted by Crippen LogP contribution is -2.51. The molecule has 2 aliphatic rings. The van der Waals surface area contributed by atoms with E-state index in [2.05, 4.69) is 35.8 Å². The lowest BCUT2D eigenvalue weighted by molar-refractivity contribution is 0.493. The molecule has 0 bridgehead atoms. The molecule has 1 aromatic carbocycles. The van der Waals surface area contributed by atoms with Crippen LogP contribution in [0.5, 0.6) is 0 Å². The van der Waals surface area contributed by atoms with E-state index in [0.717, 1.165) is 31.1 Å². The first kappa shape index (κ1) is 21.4. The molecule has 0 amide bonds. The molecule has 0 aliphatic carbocycles. The van der Waals surface area contributed by atoms with Crippen molar-refractivity contribution in [2.24, 2.45) is 5.14 Å². The van der Waals surface area contributed by atoms with Gasteiger partial charge >= 0.3 is 0 Å². The number of hydrogen-bond acceptors (Lipinski definition) is 11. The lowest BCUT2D eigenvalue weighted by atomic mass is 10.0. The van der Waals surface area contributed by atoms with Crippen molar-refractivity contribution in [3.63, 3.8) is 0 Å². The quantitative estimate of drug-likeness (QED) is 0.420. The number of benzene rings is 1. The molecule has 0 atom stereocenters. The van der Waals surface area contributed by atoms with Crippen molar-refractivity contribution < 1.29 is 16.8 Å². The van der Waals surface area contributed by atoms with E-state index in [-0.39, 0.29) is 29.4 Å². The number of nitrogens with two attached hydrogens (primary N) is 1. The monoisotopic (exact) mass is 496 g/mol. The van der Waals surface area contributed by atoms with E-state index in [1.807, 2.05) is 0 Å². The van der Waals surface area contributed by atoms with Crippen LogP contribution >= 0.6 is 11.3 Å². The summed E-state index contributed by atoms with van der Waals surface area (Å²) in [4.78, 5) is 5.94. The Kier molecular flexibility index (Phi) is 5.24. The molecule has 0 spiro atoms. The van der Waals surface area contributed by atoms with Crippen LogP contribution in [0.15, 0.2) is 27.3 Å². The van der Waals surface area contributed by atoms with E-state index in [1.54, 1.807) is 5.38 Å². The van der Waals surface area contributed by atoms with Gasteiger partial charge in [-0.25, -0.2) is 32.1 Å². The van der Waals surface area contributed by atoms with Gasteiger partial charge in [-0.15, -0.1) is 16.4 Å². The summed E-state index contributed by atoms with van der Waals surface area (Å²) in [6.07, 6.45) is 2.17. The zero-order chi connectivity index (χ0) is 22.5. The fourth-order valence-corrected chi connectivity index (χ4v) is 7.95. The molecule has 12 nitrogen and oxygen atoms in total. The third-order valence-electron chi connectivity index (χ3n) is 5.62. The molecule has 3 aromatic rings. The number of aromatic amines is 1. The molecule has 15 heteroatoms. The molecule has 4 heterocycles. The summed E-state index contributed by atoms with van der Waals surface area (Å²) >= 11 is 1.43. The Morgan fingerprint density at radius 1 is 1.12 bits per heavy atom. The second-order valence-corrected chi connectivity index (χ2v) is 12.2. The van der Waals surface area contributed by atoms with E-state index >= 15 is 0 Å². The SMILES string of the molecule is NS(=O)(=O)c1c(S(=O)(=O)C2CNC2)ccc(-c2csc(N3CCCC3)n2)c1-c1nnn[nH]1. The Labute approximate surface area is 188 Å². The normalized spacial score (nSPS) is 17.6. The van der Waals surface area contributed by atoms with E-state index < -0.39 is 30.0 Å². The summed E-state index contributed by atoms with van der Waals surface area (Å²) in [6, 6.07) is 2.82. The number of anilines is 1. The summed E-state index contributed by atoms with van der Waals surface area (Å²) < 4.78 is 51.8. The maximum Gasteiger partial charge on any atom is 0.240 e. The first-order valence-corrected chi connectivity index (χ1v) is 13.8. The van der Waals surface area contributed by atoms with Crippen LogP contribution in [-0.2, 0) is 19.9 Å². The summed E-state index contributed by atoms with van der Waals surface area (Å²) in [7, 11) is -8.45. The molecule has 0 saturated carbocycles. The number of hydrogen-bond donors (Lipinski definition) is 3. The third-order valence-corrected chi connectivity index (χ3v) is 9.81. The molecule has 5 rings (SSSR count). The van der Waals surface area contributed by atoms with Crippen LogP contribution in [0.25, 0.3) is 22.6 Å². The minimum absolute atomic E-state index is 0.0101.